The second-order valence-electron chi connectivity index (χ2n) is 11.0. The molecule has 204 valence electrons. The number of nitrogens with one attached hydrogen (secondary N) is 1. The molecule has 0 radical (unpaired) electrons. The number of carbonyl (C=O) groups is 3. The van der Waals surface area contributed by atoms with Gasteiger partial charge in [0.2, 0.25) is 11.8 Å². The molecule has 8 nitrogen and oxygen atoms in total. The molecule has 3 atom stereocenters. The van der Waals surface area contributed by atoms with Crippen molar-refractivity contribution in [1.29, 1.82) is 0 Å². The normalized spacial score (nSPS) is 21.4. The maximum absolute atomic E-state index is 14.0. The molecule has 1 fully saturated rings. The van der Waals surface area contributed by atoms with E-state index in [4.69, 9.17) is 0 Å². The molecule has 3 aromatic rings. The molecule has 39 heavy (non-hydrogen) atoms. The van der Waals surface area contributed by atoms with Crippen molar-refractivity contribution in [3.8, 4) is 10.4 Å². The van der Waals surface area contributed by atoms with Gasteiger partial charge < -0.3 is 20.2 Å². The molecule has 3 amide bonds. The number of thiazole rings is 1. The van der Waals surface area contributed by atoms with Gasteiger partial charge in [-0.15, -0.1) is 11.3 Å². The molecule has 0 spiro atoms. The number of aryl methyl sites for hydroxylation is 1. The zero-order valence-corrected chi connectivity index (χ0v) is 23.5. The lowest BCUT2D eigenvalue weighted by Gasteiger charge is -2.39. The van der Waals surface area contributed by atoms with Gasteiger partial charge in [0.05, 0.1) is 22.2 Å². The molecular weight excluding hydrogens is 512 g/mol. The van der Waals surface area contributed by atoms with Crippen molar-refractivity contribution in [2.24, 2.45) is 5.92 Å². The molecular formula is C30H34N4O4S. The quantitative estimate of drug-likeness (QED) is 0.470. The van der Waals surface area contributed by atoms with Crippen LogP contribution >= 0.6 is 11.3 Å². The van der Waals surface area contributed by atoms with Gasteiger partial charge in [0.15, 0.2) is 0 Å². The Kier molecular flexibility index (Phi) is 7.31. The lowest BCUT2D eigenvalue weighted by molar-refractivity contribution is -0.148. The highest BCUT2D eigenvalue weighted by atomic mass is 32.1. The molecule has 0 bridgehead atoms. The summed E-state index contributed by atoms with van der Waals surface area (Å²) in [4.78, 5) is 49.3. The van der Waals surface area contributed by atoms with Crippen molar-refractivity contribution in [3.63, 3.8) is 0 Å². The van der Waals surface area contributed by atoms with Crippen molar-refractivity contribution in [3.05, 3.63) is 76.4 Å². The van der Waals surface area contributed by atoms with E-state index in [1.165, 1.54) is 4.90 Å². The second-order valence-corrected chi connectivity index (χ2v) is 11.9. The Morgan fingerprint density at radius 2 is 1.90 bits per heavy atom. The fourth-order valence-electron chi connectivity index (χ4n) is 5.76. The summed E-state index contributed by atoms with van der Waals surface area (Å²) in [7, 11) is 0. The van der Waals surface area contributed by atoms with Crippen LogP contribution in [0.25, 0.3) is 10.4 Å². The molecule has 1 aromatic heterocycles. The SMILES string of the molecule is Cc1ncsc1-c1ccc(CNC(=O)[C@]2(C)C[C@@H](O)CN2C(=O)[C@H](C(C)C)N2Cc3ccccc3C2=O)cc1. The summed E-state index contributed by atoms with van der Waals surface area (Å²) < 4.78 is 0. The number of rotatable bonds is 7. The highest BCUT2D eigenvalue weighted by Crippen LogP contribution is 2.34. The second kappa shape index (κ2) is 10.5. The largest absolute Gasteiger partial charge is 0.391 e. The average molecular weight is 547 g/mol. The Labute approximate surface area is 232 Å². The summed E-state index contributed by atoms with van der Waals surface area (Å²) in [6.07, 6.45) is -0.696. The van der Waals surface area contributed by atoms with Gasteiger partial charge in [0.1, 0.15) is 11.6 Å². The first-order valence-corrected chi connectivity index (χ1v) is 14.1. The van der Waals surface area contributed by atoms with Crippen LogP contribution in [-0.2, 0) is 22.7 Å². The van der Waals surface area contributed by atoms with Crippen LogP contribution in [0.2, 0.25) is 0 Å². The molecule has 0 aliphatic carbocycles. The lowest BCUT2D eigenvalue weighted by Crippen LogP contribution is -2.60. The maximum Gasteiger partial charge on any atom is 0.255 e. The molecule has 5 rings (SSSR count). The van der Waals surface area contributed by atoms with Crippen molar-refractivity contribution < 1.29 is 19.5 Å². The first-order valence-electron chi connectivity index (χ1n) is 13.3. The molecule has 0 saturated carbocycles. The van der Waals surface area contributed by atoms with Crippen LogP contribution in [0.3, 0.4) is 0 Å². The van der Waals surface area contributed by atoms with Crippen LogP contribution in [0, 0.1) is 12.8 Å². The van der Waals surface area contributed by atoms with Gasteiger partial charge in [-0.05, 0) is 42.5 Å². The maximum atomic E-state index is 14.0. The van der Waals surface area contributed by atoms with Crippen molar-refractivity contribution in [2.45, 2.75) is 64.9 Å². The van der Waals surface area contributed by atoms with Gasteiger partial charge in [0, 0.05) is 31.6 Å². The predicted molar refractivity (Wildman–Crippen MR) is 150 cm³/mol. The number of carbonyl (C=O) groups excluding carboxylic acids is 3. The Balaban J connectivity index is 1.31. The standard InChI is InChI=1S/C30H34N4O4S/c1-18(2)25(33-15-22-7-5-6-8-24(22)27(33)36)28(37)34-16-23(35)13-30(34,4)29(38)31-14-20-9-11-21(12-10-20)26-19(3)32-17-39-26/h5-12,17-18,23,25,35H,13-16H2,1-4H3,(H,31,38)/t23-,25+,30+/m1/s1. The average Bonchev–Trinajstić information content (AvgIpc) is 3.58. The minimum atomic E-state index is -1.24. The highest BCUT2D eigenvalue weighted by Gasteiger charge is 2.52. The summed E-state index contributed by atoms with van der Waals surface area (Å²) in [5.41, 5.74) is 5.07. The first-order chi connectivity index (χ1) is 18.6. The molecule has 2 aliphatic heterocycles. The van der Waals surface area contributed by atoms with E-state index >= 15 is 0 Å². The number of nitrogens with zero attached hydrogens (tertiary/aromatic N) is 3. The number of aliphatic hydroxyl groups excluding tert-OH is 1. The van der Waals surface area contributed by atoms with E-state index in [2.05, 4.69) is 10.3 Å². The number of aromatic nitrogens is 1. The predicted octanol–water partition coefficient (Wildman–Crippen LogP) is 3.77. The van der Waals surface area contributed by atoms with E-state index in [0.717, 1.165) is 27.3 Å². The van der Waals surface area contributed by atoms with Crippen LogP contribution in [0.15, 0.2) is 54.0 Å². The van der Waals surface area contributed by atoms with Gasteiger partial charge in [-0.3, -0.25) is 14.4 Å². The third kappa shape index (κ3) is 4.96. The summed E-state index contributed by atoms with van der Waals surface area (Å²) in [6, 6.07) is 14.6. The van der Waals surface area contributed by atoms with Crippen LogP contribution in [-0.4, -0.2) is 61.8 Å². The number of benzene rings is 2. The summed E-state index contributed by atoms with van der Waals surface area (Å²) in [5, 5.41) is 13.6. The zero-order valence-electron chi connectivity index (χ0n) is 22.7. The summed E-state index contributed by atoms with van der Waals surface area (Å²) in [6.45, 7) is 8.17. The molecule has 1 saturated heterocycles. The van der Waals surface area contributed by atoms with E-state index < -0.39 is 17.7 Å². The minimum Gasteiger partial charge on any atom is -0.391 e. The summed E-state index contributed by atoms with van der Waals surface area (Å²) in [5.74, 6) is -1.00. The zero-order chi connectivity index (χ0) is 27.9. The van der Waals surface area contributed by atoms with Gasteiger partial charge in [-0.25, -0.2) is 4.98 Å². The molecule has 0 unspecified atom stereocenters. The Morgan fingerprint density at radius 1 is 1.18 bits per heavy atom. The molecule has 9 heteroatoms. The smallest absolute Gasteiger partial charge is 0.255 e. The Bertz CT molecular complexity index is 1400. The number of β-amino-alcohol motifs (C(OH)–C–C–N with tert-alkyl or cyclic N) is 1. The van der Waals surface area contributed by atoms with Crippen molar-refractivity contribution >= 4 is 29.1 Å². The van der Waals surface area contributed by atoms with Gasteiger partial charge >= 0.3 is 0 Å². The number of likely N-dealkylation sites (tertiary alicyclic amines) is 1. The number of amides is 3. The summed E-state index contributed by atoms with van der Waals surface area (Å²) >= 11 is 1.59. The van der Waals surface area contributed by atoms with E-state index in [1.54, 1.807) is 29.2 Å². The molecule has 3 heterocycles. The molecule has 2 aromatic carbocycles. The number of fused-ring (bicyclic) bond motifs is 1. The van der Waals surface area contributed by atoms with E-state index in [9.17, 15) is 19.5 Å². The van der Waals surface area contributed by atoms with Crippen LogP contribution in [0.1, 0.15) is 54.4 Å². The fraction of sp³-hybridized carbons (Fsp3) is 0.400. The minimum absolute atomic E-state index is 0.0455. The molecule has 2 aliphatic rings. The highest BCUT2D eigenvalue weighted by molar-refractivity contribution is 7.13. The van der Waals surface area contributed by atoms with E-state index in [1.807, 2.05) is 68.7 Å². The van der Waals surface area contributed by atoms with E-state index in [-0.39, 0.29) is 36.6 Å². The topological polar surface area (TPSA) is 103 Å². The van der Waals surface area contributed by atoms with Crippen LogP contribution < -0.4 is 5.32 Å². The Hall–Kier alpha value is -3.56. The van der Waals surface area contributed by atoms with Crippen LogP contribution in [0.5, 0.6) is 0 Å². The lowest BCUT2D eigenvalue weighted by atomic mass is 9.94. The third-order valence-corrected chi connectivity index (χ3v) is 8.84. The van der Waals surface area contributed by atoms with Crippen molar-refractivity contribution in [1.82, 2.24) is 20.1 Å². The van der Waals surface area contributed by atoms with Gasteiger partial charge in [0.25, 0.3) is 5.91 Å². The number of aliphatic hydroxyl groups is 1. The van der Waals surface area contributed by atoms with Gasteiger partial charge in [-0.2, -0.15) is 0 Å². The molecule has 2 N–H and O–H groups in total. The monoisotopic (exact) mass is 546 g/mol. The fourth-order valence-corrected chi connectivity index (χ4v) is 6.57. The third-order valence-electron chi connectivity index (χ3n) is 7.86. The first kappa shape index (κ1) is 27.0. The number of hydrogen-bond donors (Lipinski definition) is 2. The number of hydrogen-bond acceptors (Lipinski definition) is 6. The van der Waals surface area contributed by atoms with E-state index in [0.29, 0.717) is 18.7 Å². The van der Waals surface area contributed by atoms with Crippen LogP contribution in [0.4, 0.5) is 0 Å². The van der Waals surface area contributed by atoms with Crippen molar-refractivity contribution in [2.75, 3.05) is 6.54 Å². The van der Waals surface area contributed by atoms with Gasteiger partial charge in [-0.1, -0.05) is 56.3 Å². The Morgan fingerprint density at radius 3 is 2.54 bits per heavy atom.